The van der Waals surface area contributed by atoms with Crippen molar-refractivity contribution >= 4 is 10.9 Å². The van der Waals surface area contributed by atoms with Crippen LogP contribution in [0.1, 0.15) is 25.1 Å². The topological polar surface area (TPSA) is 43.8 Å². The Morgan fingerprint density at radius 3 is 2.75 bits per heavy atom. The fourth-order valence-corrected chi connectivity index (χ4v) is 2.05. The van der Waals surface area contributed by atoms with Crippen LogP contribution in [-0.4, -0.2) is 9.78 Å². The summed E-state index contributed by atoms with van der Waals surface area (Å²) in [5.74, 6) is 0.625. The second-order valence-electron chi connectivity index (χ2n) is 4.72. The number of nitrogens with two attached hydrogens (primary N) is 1. The highest BCUT2D eigenvalue weighted by molar-refractivity contribution is 5.82. The van der Waals surface area contributed by atoms with Crippen LogP contribution >= 0.6 is 0 Å². The van der Waals surface area contributed by atoms with Crippen LogP contribution in [0.2, 0.25) is 0 Å². The minimum absolute atomic E-state index is 0.589. The van der Waals surface area contributed by atoms with Gasteiger partial charge in [0.25, 0.3) is 0 Å². The van der Waals surface area contributed by atoms with E-state index in [0.717, 1.165) is 6.42 Å². The molecule has 3 heteroatoms. The number of aryl methyl sites for hydroxylation is 1. The third-order valence-electron chi connectivity index (χ3n) is 2.83. The molecule has 0 saturated heterocycles. The molecule has 0 fully saturated rings. The van der Waals surface area contributed by atoms with Crippen LogP contribution in [-0.2, 0) is 20.0 Å². The maximum absolute atomic E-state index is 5.67. The highest BCUT2D eigenvalue weighted by Crippen LogP contribution is 2.21. The fraction of sp³-hybridized carbons (Fsp3) is 0.462. The summed E-state index contributed by atoms with van der Waals surface area (Å²) in [5.41, 5.74) is 9.21. The first-order valence-electron chi connectivity index (χ1n) is 5.76. The van der Waals surface area contributed by atoms with Crippen molar-refractivity contribution in [1.82, 2.24) is 9.78 Å². The molecule has 0 aliphatic heterocycles. The second kappa shape index (κ2) is 4.26. The Hall–Kier alpha value is -1.35. The van der Waals surface area contributed by atoms with E-state index in [0.29, 0.717) is 12.5 Å². The quantitative estimate of drug-likeness (QED) is 0.856. The third-order valence-corrected chi connectivity index (χ3v) is 2.83. The van der Waals surface area contributed by atoms with Crippen LogP contribution in [0.4, 0.5) is 0 Å². The average Bonchev–Trinajstić information content (AvgIpc) is 2.54. The van der Waals surface area contributed by atoms with Crippen LogP contribution in [0.25, 0.3) is 10.9 Å². The molecular weight excluding hydrogens is 198 g/mol. The summed E-state index contributed by atoms with van der Waals surface area (Å²) in [6, 6.07) is 6.34. The van der Waals surface area contributed by atoms with Crippen LogP contribution < -0.4 is 5.73 Å². The van der Waals surface area contributed by atoms with Crippen molar-refractivity contribution in [2.45, 2.75) is 26.8 Å². The van der Waals surface area contributed by atoms with Crippen molar-refractivity contribution in [3.05, 3.63) is 29.5 Å². The largest absolute Gasteiger partial charge is 0.326 e. The molecular formula is C13H19N3. The van der Waals surface area contributed by atoms with Gasteiger partial charge in [-0.3, -0.25) is 4.68 Å². The Kier molecular flexibility index (Phi) is 2.97. The summed E-state index contributed by atoms with van der Waals surface area (Å²) < 4.78 is 1.95. The molecule has 0 unspecified atom stereocenters. The van der Waals surface area contributed by atoms with Crippen molar-refractivity contribution in [1.29, 1.82) is 0 Å². The molecule has 0 aliphatic carbocycles. The molecule has 0 bridgehead atoms. The number of hydrogen-bond acceptors (Lipinski definition) is 2. The summed E-state index contributed by atoms with van der Waals surface area (Å²) in [5, 5.41) is 5.83. The van der Waals surface area contributed by atoms with Crippen molar-refractivity contribution in [2.75, 3.05) is 0 Å². The van der Waals surface area contributed by atoms with E-state index in [1.165, 1.54) is 22.2 Å². The van der Waals surface area contributed by atoms with Gasteiger partial charge < -0.3 is 5.73 Å². The summed E-state index contributed by atoms with van der Waals surface area (Å²) >= 11 is 0. The summed E-state index contributed by atoms with van der Waals surface area (Å²) in [4.78, 5) is 0. The van der Waals surface area contributed by atoms with Gasteiger partial charge in [-0.15, -0.1) is 0 Å². The van der Waals surface area contributed by atoms with Crippen molar-refractivity contribution in [3.63, 3.8) is 0 Å². The van der Waals surface area contributed by atoms with E-state index in [1.807, 2.05) is 11.7 Å². The predicted octanol–water partition coefficient (Wildman–Crippen LogP) is 2.23. The van der Waals surface area contributed by atoms with E-state index in [-0.39, 0.29) is 0 Å². The van der Waals surface area contributed by atoms with Gasteiger partial charge in [-0.25, -0.2) is 0 Å². The van der Waals surface area contributed by atoms with Gasteiger partial charge in [0.2, 0.25) is 0 Å². The maximum Gasteiger partial charge on any atom is 0.0705 e. The van der Waals surface area contributed by atoms with Gasteiger partial charge in [0.05, 0.1) is 11.2 Å². The molecule has 0 amide bonds. The number of aromatic nitrogens is 2. The van der Waals surface area contributed by atoms with Gasteiger partial charge in [0.15, 0.2) is 0 Å². The molecule has 0 radical (unpaired) electrons. The molecule has 0 aliphatic rings. The third kappa shape index (κ3) is 1.95. The number of benzene rings is 1. The monoisotopic (exact) mass is 217 g/mol. The standard InChI is InChI=1S/C13H19N3/c1-9(2)6-12-11-7-10(8-14)4-5-13(11)16(3)15-12/h4-5,7,9H,6,8,14H2,1-3H3. The highest BCUT2D eigenvalue weighted by Gasteiger charge is 2.10. The van der Waals surface area contributed by atoms with Gasteiger partial charge >= 0.3 is 0 Å². The first kappa shape index (κ1) is 11.1. The summed E-state index contributed by atoms with van der Waals surface area (Å²) in [6.07, 6.45) is 1.02. The molecule has 2 rings (SSSR count). The van der Waals surface area contributed by atoms with Gasteiger partial charge in [-0.05, 0) is 30.0 Å². The molecule has 16 heavy (non-hydrogen) atoms. The predicted molar refractivity (Wildman–Crippen MR) is 67.1 cm³/mol. The van der Waals surface area contributed by atoms with Crippen LogP contribution in [0, 0.1) is 5.92 Å². The second-order valence-corrected chi connectivity index (χ2v) is 4.72. The summed E-state index contributed by atoms with van der Waals surface area (Å²) in [6.45, 7) is 5.02. The molecule has 1 aromatic heterocycles. The van der Waals surface area contributed by atoms with Crippen molar-refractivity contribution in [2.24, 2.45) is 18.7 Å². The van der Waals surface area contributed by atoms with E-state index in [4.69, 9.17) is 5.73 Å². The first-order chi connectivity index (χ1) is 7.61. The van der Waals surface area contributed by atoms with E-state index in [2.05, 4.69) is 37.1 Å². The SMILES string of the molecule is CC(C)Cc1nn(C)c2ccc(CN)cc12. The van der Waals surface area contributed by atoms with Crippen LogP contribution in [0.15, 0.2) is 18.2 Å². The van der Waals surface area contributed by atoms with Gasteiger partial charge in [0, 0.05) is 19.0 Å². The Labute approximate surface area is 96.2 Å². The number of nitrogens with zero attached hydrogens (tertiary/aromatic N) is 2. The molecule has 1 aromatic carbocycles. The van der Waals surface area contributed by atoms with Gasteiger partial charge in [-0.1, -0.05) is 19.9 Å². The van der Waals surface area contributed by atoms with E-state index >= 15 is 0 Å². The van der Waals surface area contributed by atoms with E-state index in [1.54, 1.807) is 0 Å². The molecule has 86 valence electrons. The minimum atomic E-state index is 0.589. The molecule has 2 aromatic rings. The fourth-order valence-electron chi connectivity index (χ4n) is 2.05. The highest BCUT2D eigenvalue weighted by atomic mass is 15.3. The van der Waals surface area contributed by atoms with Crippen molar-refractivity contribution < 1.29 is 0 Å². The molecule has 0 atom stereocenters. The maximum atomic E-state index is 5.67. The number of rotatable bonds is 3. The molecule has 3 nitrogen and oxygen atoms in total. The molecule has 0 saturated carbocycles. The van der Waals surface area contributed by atoms with E-state index in [9.17, 15) is 0 Å². The lowest BCUT2D eigenvalue weighted by atomic mass is 10.0. The zero-order valence-electron chi connectivity index (χ0n) is 10.2. The van der Waals surface area contributed by atoms with E-state index < -0.39 is 0 Å². The molecule has 1 heterocycles. The smallest absolute Gasteiger partial charge is 0.0705 e. The van der Waals surface area contributed by atoms with Crippen molar-refractivity contribution in [3.8, 4) is 0 Å². The van der Waals surface area contributed by atoms with Crippen LogP contribution in [0.3, 0.4) is 0 Å². The lowest BCUT2D eigenvalue weighted by Gasteiger charge is -2.02. The Bertz CT molecular complexity index is 497. The summed E-state index contributed by atoms with van der Waals surface area (Å²) in [7, 11) is 1.99. The minimum Gasteiger partial charge on any atom is -0.326 e. The zero-order valence-corrected chi connectivity index (χ0v) is 10.2. The Morgan fingerprint density at radius 1 is 1.38 bits per heavy atom. The zero-order chi connectivity index (χ0) is 11.7. The molecule has 2 N–H and O–H groups in total. The lowest BCUT2D eigenvalue weighted by Crippen LogP contribution is -1.97. The normalized spacial score (nSPS) is 11.6. The Morgan fingerprint density at radius 2 is 2.12 bits per heavy atom. The number of fused-ring (bicyclic) bond motifs is 1. The Balaban J connectivity index is 2.56. The molecule has 0 spiro atoms. The number of hydrogen-bond donors (Lipinski definition) is 1. The lowest BCUT2D eigenvalue weighted by molar-refractivity contribution is 0.624. The average molecular weight is 217 g/mol. The first-order valence-corrected chi connectivity index (χ1v) is 5.76. The van der Waals surface area contributed by atoms with Crippen LogP contribution in [0.5, 0.6) is 0 Å². The van der Waals surface area contributed by atoms with Gasteiger partial charge in [-0.2, -0.15) is 5.10 Å². The van der Waals surface area contributed by atoms with Gasteiger partial charge in [0.1, 0.15) is 0 Å².